The third kappa shape index (κ3) is 6.37. The summed E-state index contributed by atoms with van der Waals surface area (Å²) in [7, 11) is 0. The van der Waals surface area contributed by atoms with Crippen LogP contribution in [-0.4, -0.2) is 102 Å². The Morgan fingerprint density at radius 1 is 0.479 bits per heavy atom. The molecule has 9 heteroatoms. The minimum absolute atomic E-state index is 0. The van der Waals surface area contributed by atoms with Gasteiger partial charge in [-0.3, -0.25) is 0 Å². The number of hydrogen-bond donors (Lipinski definition) is 7. The van der Waals surface area contributed by atoms with Crippen molar-refractivity contribution in [1.29, 1.82) is 0 Å². The Labute approximate surface area is 431 Å². The van der Waals surface area contributed by atoms with E-state index < -0.39 is 36.1 Å². The van der Waals surface area contributed by atoms with E-state index in [2.05, 4.69) is 90.0 Å². The lowest BCUT2D eigenvalue weighted by atomic mass is 9.41. The van der Waals surface area contributed by atoms with Crippen LogP contribution in [0.1, 0.15) is 214 Å². The van der Waals surface area contributed by atoms with E-state index in [1.165, 1.54) is 51.4 Å². The molecule has 0 aromatic rings. The molecule has 26 atom stereocenters. The Balaban J connectivity index is 0.000000162. The molecule has 7 N–H and O–H groups in total. The van der Waals surface area contributed by atoms with Crippen molar-refractivity contribution < 1.29 is 45.2 Å². The fourth-order valence-corrected chi connectivity index (χ4v) is 24.1. The van der Waals surface area contributed by atoms with Crippen molar-refractivity contribution in [2.45, 2.75) is 281 Å². The van der Waals surface area contributed by atoms with E-state index in [1.54, 1.807) is 13.8 Å². The van der Waals surface area contributed by atoms with Gasteiger partial charge in [-0.25, -0.2) is 0 Å². The number of hydrogen-bond acceptors (Lipinski definition) is 9. The van der Waals surface area contributed by atoms with Crippen LogP contribution in [0.3, 0.4) is 0 Å². The molecule has 2 aliphatic heterocycles. The second-order valence-electron chi connectivity index (χ2n) is 32.1. The van der Waals surface area contributed by atoms with Crippen LogP contribution in [0.15, 0.2) is 0 Å². The highest BCUT2D eigenvalue weighted by atomic mass is 16.5. The molecule has 2 unspecified atom stereocenters. The minimum Gasteiger partial charge on any atom is -0.393 e. The van der Waals surface area contributed by atoms with Gasteiger partial charge in [-0.05, 0) is 213 Å². The maximum atomic E-state index is 12.2. The fourth-order valence-electron chi connectivity index (χ4n) is 24.1. The normalized spacial score (nSPS) is 58.6. The summed E-state index contributed by atoms with van der Waals surface area (Å²) >= 11 is 0. The molecular formula is C62H106O9. The van der Waals surface area contributed by atoms with Crippen molar-refractivity contribution in [2.24, 2.45) is 107 Å². The Morgan fingerprint density at radius 2 is 0.817 bits per heavy atom. The van der Waals surface area contributed by atoms with Crippen LogP contribution in [0.2, 0.25) is 0 Å². The van der Waals surface area contributed by atoms with E-state index in [0.29, 0.717) is 63.1 Å². The van der Waals surface area contributed by atoms with Gasteiger partial charge >= 0.3 is 0 Å². The van der Waals surface area contributed by atoms with Gasteiger partial charge in [0.1, 0.15) is 6.10 Å². The summed E-state index contributed by atoms with van der Waals surface area (Å²) in [5, 5.41) is 78.7. The molecule has 12 fully saturated rings. The molecule has 0 aromatic carbocycles. The molecule has 2 heterocycles. The summed E-state index contributed by atoms with van der Waals surface area (Å²) < 4.78 is 13.3. The molecule has 0 aromatic heterocycles. The second-order valence-corrected chi connectivity index (χ2v) is 32.1. The number of fused-ring (bicyclic) bond motifs is 8. The van der Waals surface area contributed by atoms with Gasteiger partial charge < -0.3 is 45.2 Å². The van der Waals surface area contributed by atoms with E-state index in [4.69, 9.17) is 9.47 Å². The highest BCUT2D eigenvalue weighted by Crippen LogP contribution is 2.91. The summed E-state index contributed by atoms with van der Waals surface area (Å²) in [6, 6.07) is 0. The van der Waals surface area contributed by atoms with E-state index in [1.807, 2.05) is 0 Å². The largest absolute Gasteiger partial charge is 0.393 e. The molecule has 10 aliphatic carbocycles. The molecule has 0 bridgehead atoms. The van der Waals surface area contributed by atoms with Crippen molar-refractivity contribution >= 4 is 0 Å². The highest BCUT2D eigenvalue weighted by molar-refractivity contribution is 5.35. The smallest absolute Gasteiger partial charge is 0.108 e. The molecule has 0 amide bonds. The van der Waals surface area contributed by atoms with Gasteiger partial charge in [-0.15, -0.1) is 0 Å². The van der Waals surface area contributed by atoms with E-state index in [9.17, 15) is 35.7 Å². The standard InChI is InChI=1S/C31H52O4.C30H50O5.CH4/c1-17-15-18(24(33)26(2,3)4)35-23-22(17)28(7)13-14-31-16-30(31)12-11-21(32)27(5,6)19(30)9-10-20(31)29(28,8)25(23)34;1-16-14-17(23(32)26(4,5)34)35-22-21(16)27(6)12-13-30-15-29(30)11-10-20(31)25(2,3)18(29)8-9-19(30)28(27,7)24(22)33;/h17-25,32-34H,9-16H2,1-8H3;16-24,31-34H,8-15H2,1-7H3;1H4/t17-,18-,19+,20+,21+,22-,23+,24-,25+,28-,29-,30-,31?;16-,17-,18+,19+,20+,21-,22+,23+,24+,27-,28-,29-,30?;/m11./s1. The molecule has 4 spiro atoms. The van der Waals surface area contributed by atoms with Crippen molar-refractivity contribution in [3.8, 4) is 0 Å². The molecule has 12 rings (SSSR count). The van der Waals surface area contributed by atoms with Crippen LogP contribution < -0.4 is 0 Å². The molecule has 12 aliphatic rings. The predicted molar refractivity (Wildman–Crippen MR) is 279 cm³/mol. The van der Waals surface area contributed by atoms with Crippen LogP contribution in [0.25, 0.3) is 0 Å². The Bertz CT molecular complexity index is 1930. The zero-order valence-corrected chi connectivity index (χ0v) is 46.7. The van der Waals surface area contributed by atoms with Crippen LogP contribution in [0, 0.1) is 107 Å². The first-order valence-electron chi connectivity index (χ1n) is 29.3. The van der Waals surface area contributed by atoms with Gasteiger partial charge in [0.25, 0.3) is 0 Å². The molecule has 10 saturated carbocycles. The monoisotopic (exact) mass is 995 g/mol. The average Bonchev–Trinajstić information content (AvgIpc) is 4.12. The van der Waals surface area contributed by atoms with Crippen molar-refractivity contribution in [2.75, 3.05) is 0 Å². The maximum absolute atomic E-state index is 12.2. The third-order valence-electron chi connectivity index (χ3n) is 27.9. The quantitative estimate of drug-likeness (QED) is 0.146. The van der Waals surface area contributed by atoms with Gasteiger partial charge in [0.2, 0.25) is 0 Å². The fraction of sp³-hybridized carbons (Fsp3) is 1.00. The van der Waals surface area contributed by atoms with Crippen molar-refractivity contribution in [3.63, 3.8) is 0 Å². The van der Waals surface area contributed by atoms with Gasteiger partial charge in [-0.1, -0.05) is 97.4 Å². The summed E-state index contributed by atoms with van der Waals surface area (Å²) in [4.78, 5) is 0. The Kier molecular flexibility index (Phi) is 12.1. The van der Waals surface area contributed by atoms with Crippen LogP contribution in [0.4, 0.5) is 0 Å². The van der Waals surface area contributed by atoms with E-state index >= 15 is 0 Å². The molecule has 408 valence electrons. The summed E-state index contributed by atoms with van der Waals surface area (Å²) in [5.74, 6) is 3.54. The van der Waals surface area contributed by atoms with Gasteiger partial charge in [0, 0.05) is 10.8 Å². The zero-order valence-electron chi connectivity index (χ0n) is 46.7. The van der Waals surface area contributed by atoms with E-state index in [0.717, 1.165) is 51.4 Å². The van der Waals surface area contributed by atoms with Gasteiger partial charge in [-0.2, -0.15) is 0 Å². The second kappa shape index (κ2) is 15.9. The summed E-state index contributed by atoms with van der Waals surface area (Å²) in [5.41, 5.74) is -0.499. The summed E-state index contributed by atoms with van der Waals surface area (Å²) in [6.45, 7) is 33.2. The first-order valence-corrected chi connectivity index (χ1v) is 29.3. The topological polar surface area (TPSA) is 160 Å². The first kappa shape index (κ1) is 54.0. The Morgan fingerprint density at radius 3 is 1.17 bits per heavy atom. The maximum Gasteiger partial charge on any atom is 0.108 e. The number of aliphatic hydroxyl groups excluding tert-OH is 6. The summed E-state index contributed by atoms with van der Waals surface area (Å²) in [6.07, 6.45) is 13.8. The predicted octanol–water partition coefficient (Wildman–Crippen LogP) is 10.5. The third-order valence-corrected chi connectivity index (χ3v) is 27.9. The van der Waals surface area contributed by atoms with Crippen LogP contribution >= 0.6 is 0 Å². The minimum atomic E-state index is -1.23. The first-order chi connectivity index (χ1) is 32.2. The van der Waals surface area contributed by atoms with Crippen molar-refractivity contribution in [1.82, 2.24) is 0 Å². The lowest BCUT2D eigenvalue weighted by Gasteiger charge is -2.63. The van der Waals surface area contributed by atoms with Crippen molar-refractivity contribution in [3.05, 3.63) is 0 Å². The lowest BCUT2D eigenvalue weighted by molar-refractivity contribution is -0.202. The van der Waals surface area contributed by atoms with E-state index in [-0.39, 0.29) is 81.8 Å². The van der Waals surface area contributed by atoms with Gasteiger partial charge in [0.05, 0.1) is 60.5 Å². The molecule has 71 heavy (non-hydrogen) atoms. The number of rotatable bonds is 3. The highest BCUT2D eigenvalue weighted by Gasteiger charge is 2.86. The average molecular weight is 996 g/mol. The van der Waals surface area contributed by atoms with Gasteiger partial charge in [0.15, 0.2) is 0 Å². The number of ether oxygens (including phenoxy) is 2. The molecule has 9 nitrogen and oxygen atoms in total. The van der Waals surface area contributed by atoms with Crippen LogP contribution in [0.5, 0.6) is 0 Å². The SMILES string of the molecule is C.C[C@@H]1C[C@H]([C@@H](O)C(C)(C)C)O[C@H]2[C@@H]1[C@@]1(C)CCC34C[C@@]35CC[C@H](O)C(C)(C)[C@@H]5CC[C@H]4[C@]1(C)[C@H]2O.C[C@@H]1C[C@H]([C@H](O)C(C)(C)O)O[C@H]2[C@@H]1[C@@]1(C)CCC34C[C@@]35CC[C@H](O)C(C)(C)[C@@H]5CC[C@H]4[C@]1(C)[C@H]2O. The zero-order chi connectivity index (χ0) is 51.1. The Hall–Kier alpha value is -0.360. The molecule has 0 radical (unpaired) electrons. The van der Waals surface area contributed by atoms with Crippen LogP contribution in [-0.2, 0) is 9.47 Å². The number of aliphatic hydroxyl groups is 7. The lowest BCUT2D eigenvalue weighted by Crippen LogP contribution is -2.59. The molecular weight excluding hydrogens is 889 g/mol. The molecule has 2 saturated heterocycles.